The van der Waals surface area contributed by atoms with Crippen LogP contribution < -0.4 is 21.1 Å². The molecule has 0 saturated heterocycles. The van der Waals surface area contributed by atoms with Gasteiger partial charge in [0.25, 0.3) is 0 Å². The molecule has 2 rings (SSSR count). The highest BCUT2D eigenvalue weighted by Crippen LogP contribution is 2.18. The topological polar surface area (TPSA) is 76.4 Å². The van der Waals surface area contributed by atoms with Crippen LogP contribution in [0.5, 0.6) is 5.75 Å². The number of rotatable bonds is 5. The van der Waals surface area contributed by atoms with E-state index >= 15 is 0 Å². The van der Waals surface area contributed by atoms with Crippen molar-refractivity contribution in [2.45, 2.75) is 0 Å². The number of nitrogens with two attached hydrogens (primary N) is 1. The first-order chi connectivity index (χ1) is 10.2. The van der Waals surface area contributed by atoms with Crippen molar-refractivity contribution in [3.05, 3.63) is 53.6 Å². The smallest absolute Gasteiger partial charge is 0.323 e. The average molecular weight is 306 g/mol. The van der Waals surface area contributed by atoms with E-state index < -0.39 is 0 Å². The van der Waals surface area contributed by atoms with Gasteiger partial charge < -0.3 is 21.1 Å². The molecule has 0 saturated carbocycles. The molecule has 110 valence electrons. The van der Waals surface area contributed by atoms with Crippen LogP contribution in [0.1, 0.15) is 0 Å². The summed E-state index contributed by atoms with van der Waals surface area (Å²) in [7, 11) is 0. The van der Waals surface area contributed by atoms with E-state index in [-0.39, 0.29) is 6.03 Å². The molecule has 0 spiro atoms. The maximum atomic E-state index is 11.9. The molecule has 0 aliphatic rings. The third-order valence-electron chi connectivity index (χ3n) is 2.56. The molecular formula is C15H16ClN3O2. The van der Waals surface area contributed by atoms with E-state index in [0.717, 1.165) is 0 Å². The molecule has 0 aliphatic carbocycles. The van der Waals surface area contributed by atoms with Gasteiger partial charge in [0.2, 0.25) is 0 Å². The van der Waals surface area contributed by atoms with E-state index in [1.165, 1.54) is 0 Å². The summed E-state index contributed by atoms with van der Waals surface area (Å²) in [6, 6.07) is 13.7. The van der Waals surface area contributed by atoms with Crippen molar-refractivity contribution in [1.82, 2.24) is 0 Å². The maximum Gasteiger partial charge on any atom is 0.323 e. The first kappa shape index (κ1) is 15.2. The van der Waals surface area contributed by atoms with Crippen molar-refractivity contribution in [3.8, 4) is 5.75 Å². The van der Waals surface area contributed by atoms with Crippen LogP contribution in [0.4, 0.5) is 16.2 Å². The molecule has 5 nitrogen and oxygen atoms in total. The average Bonchev–Trinajstić information content (AvgIpc) is 2.45. The van der Waals surface area contributed by atoms with E-state index in [9.17, 15) is 4.79 Å². The highest BCUT2D eigenvalue weighted by Gasteiger charge is 2.04. The summed E-state index contributed by atoms with van der Waals surface area (Å²) < 4.78 is 5.40. The second kappa shape index (κ2) is 7.52. The zero-order valence-electron chi connectivity index (χ0n) is 11.3. The lowest BCUT2D eigenvalue weighted by atomic mass is 10.3. The Morgan fingerprint density at radius 2 is 1.76 bits per heavy atom. The van der Waals surface area contributed by atoms with E-state index in [4.69, 9.17) is 22.1 Å². The van der Waals surface area contributed by atoms with Crippen LogP contribution in [0, 0.1) is 0 Å². The standard InChI is InChI=1S/C15H16ClN3O2/c16-11-3-1-4-12(9-11)18-15(20)19-13-5-2-6-14(10-13)21-8-7-17/h1-6,9-10H,7-8,17H2,(H2,18,19,20). The van der Waals surface area contributed by atoms with Crippen molar-refractivity contribution in [3.63, 3.8) is 0 Å². The fraction of sp³-hybridized carbons (Fsp3) is 0.133. The van der Waals surface area contributed by atoms with Gasteiger partial charge >= 0.3 is 6.03 Å². The van der Waals surface area contributed by atoms with Gasteiger partial charge in [0, 0.05) is 29.0 Å². The van der Waals surface area contributed by atoms with Crippen LogP contribution in [0.15, 0.2) is 48.5 Å². The SMILES string of the molecule is NCCOc1cccc(NC(=O)Nc2cccc(Cl)c2)c1. The second-order valence-corrected chi connectivity index (χ2v) is 4.69. The van der Waals surface area contributed by atoms with Crippen LogP contribution in [-0.2, 0) is 0 Å². The van der Waals surface area contributed by atoms with Gasteiger partial charge in [0.15, 0.2) is 0 Å². The van der Waals surface area contributed by atoms with Gasteiger partial charge in [-0.25, -0.2) is 4.79 Å². The van der Waals surface area contributed by atoms with Gasteiger partial charge in [0.1, 0.15) is 12.4 Å². The highest BCUT2D eigenvalue weighted by molar-refractivity contribution is 6.30. The molecule has 6 heteroatoms. The Morgan fingerprint density at radius 1 is 1.10 bits per heavy atom. The first-order valence-electron chi connectivity index (χ1n) is 6.44. The largest absolute Gasteiger partial charge is 0.492 e. The summed E-state index contributed by atoms with van der Waals surface area (Å²) in [5.74, 6) is 0.654. The fourth-order valence-electron chi connectivity index (χ4n) is 1.70. The van der Waals surface area contributed by atoms with E-state index in [1.54, 1.807) is 48.5 Å². The summed E-state index contributed by atoms with van der Waals surface area (Å²) in [6.07, 6.45) is 0. The van der Waals surface area contributed by atoms with Crippen LogP contribution in [0.25, 0.3) is 0 Å². The van der Waals surface area contributed by atoms with Gasteiger partial charge in [-0.2, -0.15) is 0 Å². The van der Waals surface area contributed by atoms with E-state index in [2.05, 4.69) is 10.6 Å². The van der Waals surface area contributed by atoms with Crippen LogP contribution >= 0.6 is 11.6 Å². The Kier molecular flexibility index (Phi) is 5.43. The lowest BCUT2D eigenvalue weighted by Gasteiger charge is -2.10. The number of ether oxygens (including phenoxy) is 1. The minimum Gasteiger partial charge on any atom is -0.492 e. The fourth-order valence-corrected chi connectivity index (χ4v) is 1.89. The highest BCUT2D eigenvalue weighted by atomic mass is 35.5. The molecule has 2 amide bonds. The summed E-state index contributed by atoms with van der Waals surface area (Å²) in [5, 5.41) is 5.98. The molecule has 0 atom stereocenters. The molecule has 0 radical (unpaired) electrons. The summed E-state index contributed by atoms with van der Waals surface area (Å²) in [4.78, 5) is 11.9. The quantitative estimate of drug-likeness (QED) is 0.793. The third-order valence-corrected chi connectivity index (χ3v) is 2.80. The molecule has 2 aromatic rings. The minimum atomic E-state index is -0.353. The van der Waals surface area contributed by atoms with Gasteiger partial charge in [-0.3, -0.25) is 0 Å². The van der Waals surface area contributed by atoms with Crippen LogP contribution in [0.3, 0.4) is 0 Å². The number of amides is 2. The van der Waals surface area contributed by atoms with Crippen molar-refractivity contribution < 1.29 is 9.53 Å². The van der Waals surface area contributed by atoms with Gasteiger partial charge in [-0.05, 0) is 30.3 Å². The monoisotopic (exact) mass is 305 g/mol. The molecule has 2 aromatic carbocycles. The summed E-state index contributed by atoms with van der Waals surface area (Å²) >= 11 is 5.86. The number of halogens is 1. The number of hydrogen-bond donors (Lipinski definition) is 3. The number of carbonyl (C=O) groups excluding carboxylic acids is 1. The van der Waals surface area contributed by atoms with Crippen LogP contribution in [-0.4, -0.2) is 19.2 Å². The maximum absolute atomic E-state index is 11.9. The van der Waals surface area contributed by atoms with Crippen molar-refractivity contribution in [2.24, 2.45) is 5.73 Å². The van der Waals surface area contributed by atoms with Gasteiger partial charge in [-0.1, -0.05) is 23.7 Å². The molecule has 0 unspecified atom stereocenters. The predicted octanol–water partition coefficient (Wildman–Crippen LogP) is 3.32. The second-order valence-electron chi connectivity index (χ2n) is 4.25. The Morgan fingerprint density at radius 3 is 2.43 bits per heavy atom. The number of anilines is 2. The first-order valence-corrected chi connectivity index (χ1v) is 6.81. The molecule has 4 N–H and O–H groups in total. The minimum absolute atomic E-state index is 0.353. The third kappa shape index (κ3) is 4.98. The zero-order chi connectivity index (χ0) is 15.1. The number of urea groups is 1. The lowest BCUT2D eigenvalue weighted by molar-refractivity contribution is 0.262. The molecule has 0 fully saturated rings. The Hall–Kier alpha value is -2.24. The normalized spacial score (nSPS) is 10.0. The Labute approximate surface area is 128 Å². The van der Waals surface area contributed by atoms with E-state index in [1.807, 2.05) is 0 Å². The predicted molar refractivity (Wildman–Crippen MR) is 85.1 cm³/mol. The summed E-state index contributed by atoms with van der Waals surface area (Å²) in [5.41, 5.74) is 6.63. The Bertz CT molecular complexity index is 619. The van der Waals surface area contributed by atoms with Gasteiger partial charge in [-0.15, -0.1) is 0 Å². The molecule has 21 heavy (non-hydrogen) atoms. The Balaban J connectivity index is 1.96. The number of carbonyl (C=O) groups is 1. The van der Waals surface area contributed by atoms with Crippen molar-refractivity contribution in [2.75, 3.05) is 23.8 Å². The molecule has 0 bridgehead atoms. The zero-order valence-corrected chi connectivity index (χ0v) is 12.1. The lowest BCUT2D eigenvalue weighted by Crippen LogP contribution is -2.19. The molecule has 0 heterocycles. The molecular weight excluding hydrogens is 290 g/mol. The van der Waals surface area contributed by atoms with Crippen molar-refractivity contribution in [1.29, 1.82) is 0 Å². The van der Waals surface area contributed by atoms with E-state index in [0.29, 0.717) is 35.3 Å². The summed E-state index contributed by atoms with van der Waals surface area (Å²) in [6.45, 7) is 0.866. The number of benzene rings is 2. The van der Waals surface area contributed by atoms with Crippen molar-refractivity contribution >= 4 is 29.0 Å². The number of hydrogen-bond acceptors (Lipinski definition) is 3. The van der Waals surface area contributed by atoms with Gasteiger partial charge in [0.05, 0.1) is 0 Å². The molecule has 0 aromatic heterocycles. The molecule has 0 aliphatic heterocycles. The van der Waals surface area contributed by atoms with Crippen LogP contribution in [0.2, 0.25) is 5.02 Å². The number of nitrogens with one attached hydrogen (secondary N) is 2.